The summed E-state index contributed by atoms with van der Waals surface area (Å²) in [6.07, 6.45) is 0. The van der Waals surface area contributed by atoms with E-state index in [1.807, 2.05) is 0 Å². The highest BCUT2D eigenvalue weighted by atomic mass is 15.0. The molecule has 0 fully saturated rings. The lowest BCUT2D eigenvalue weighted by atomic mass is 9.99. The molecule has 0 atom stereocenters. The van der Waals surface area contributed by atoms with Crippen LogP contribution in [0, 0.1) is 0 Å². The molecule has 3 heteroatoms. The summed E-state index contributed by atoms with van der Waals surface area (Å²) < 4.78 is 7.72. The fourth-order valence-corrected chi connectivity index (χ4v) is 11.3. The van der Waals surface area contributed by atoms with Gasteiger partial charge in [0.1, 0.15) is 0 Å². The number of aromatic nitrogens is 3. The van der Waals surface area contributed by atoms with Crippen molar-refractivity contribution in [2.45, 2.75) is 0 Å². The van der Waals surface area contributed by atoms with Crippen LogP contribution < -0.4 is 0 Å². The lowest BCUT2D eigenvalue weighted by molar-refractivity contribution is 1.21. The Hall–Kier alpha value is -8.14. The first kappa shape index (κ1) is 31.8. The van der Waals surface area contributed by atoms with Crippen molar-refractivity contribution in [2.75, 3.05) is 0 Å². The van der Waals surface area contributed by atoms with E-state index in [1.165, 1.54) is 136 Å². The third-order valence-electron chi connectivity index (χ3n) is 13.8. The van der Waals surface area contributed by atoms with E-state index in [4.69, 9.17) is 0 Å². The monoisotopic (exact) mass is 771 g/mol. The van der Waals surface area contributed by atoms with Crippen LogP contribution in [-0.2, 0) is 0 Å². The SMILES string of the molecule is c1ccc2cc3c(cc2c1)c1ccccc1n3-c1c2ccccc2cc2c1c1cccc3c4c(-n5c6ccccc6c6cc7ccccc7cc65)c5ccccc5cc4n2c13. The van der Waals surface area contributed by atoms with Gasteiger partial charge in [0, 0.05) is 53.9 Å². The van der Waals surface area contributed by atoms with Gasteiger partial charge in [-0.15, -0.1) is 0 Å². The summed E-state index contributed by atoms with van der Waals surface area (Å²) in [7, 11) is 0. The Labute approximate surface area is 348 Å². The van der Waals surface area contributed by atoms with Gasteiger partial charge in [-0.1, -0.05) is 152 Å². The fraction of sp³-hybridized carbons (Fsp3) is 0. The number of para-hydroxylation sites is 3. The number of fused-ring (bicyclic) bond motifs is 16. The van der Waals surface area contributed by atoms with Crippen molar-refractivity contribution in [3.8, 4) is 11.4 Å². The van der Waals surface area contributed by atoms with E-state index in [-0.39, 0.29) is 0 Å². The third-order valence-corrected chi connectivity index (χ3v) is 13.8. The van der Waals surface area contributed by atoms with Gasteiger partial charge in [0.15, 0.2) is 0 Å². The summed E-state index contributed by atoms with van der Waals surface area (Å²) in [4.78, 5) is 0. The van der Waals surface area contributed by atoms with Gasteiger partial charge in [-0.3, -0.25) is 0 Å². The van der Waals surface area contributed by atoms with Crippen LogP contribution in [0.4, 0.5) is 0 Å². The van der Waals surface area contributed by atoms with Gasteiger partial charge in [-0.05, 0) is 80.8 Å². The molecule has 0 N–H and O–H groups in total. The zero-order chi connectivity index (χ0) is 39.5. The highest BCUT2D eigenvalue weighted by Crippen LogP contribution is 2.49. The van der Waals surface area contributed by atoms with E-state index in [0.29, 0.717) is 0 Å². The maximum atomic E-state index is 2.59. The summed E-state index contributed by atoms with van der Waals surface area (Å²) in [5.41, 5.74) is 11.0. The Morgan fingerprint density at radius 1 is 0.230 bits per heavy atom. The van der Waals surface area contributed by atoms with Crippen LogP contribution in [-0.4, -0.2) is 13.5 Å². The number of benzene rings is 11. The maximum Gasteiger partial charge on any atom is 0.0640 e. The molecule has 0 radical (unpaired) electrons. The van der Waals surface area contributed by atoms with E-state index in [1.54, 1.807) is 0 Å². The normalized spacial score (nSPS) is 12.6. The first-order valence-electron chi connectivity index (χ1n) is 21.2. The minimum absolute atomic E-state index is 1.21. The maximum absolute atomic E-state index is 2.59. The Kier molecular flexibility index (Phi) is 5.90. The van der Waals surface area contributed by atoms with Crippen molar-refractivity contribution in [3.05, 3.63) is 200 Å². The van der Waals surface area contributed by atoms with Crippen LogP contribution in [0.3, 0.4) is 0 Å². The molecule has 0 aliphatic rings. The molecule has 0 amide bonds. The highest BCUT2D eigenvalue weighted by molar-refractivity contribution is 6.32. The summed E-state index contributed by atoms with van der Waals surface area (Å²) in [6.45, 7) is 0. The van der Waals surface area contributed by atoms with E-state index in [0.717, 1.165) is 0 Å². The first-order valence-corrected chi connectivity index (χ1v) is 21.2. The van der Waals surface area contributed by atoms with Crippen molar-refractivity contribution >= 4 is 125 Å². The molecule has 4 aromatic heterocycles. The predicted octanol–water partition coefficient (Wildman–Crippen LogP) is 15.6. The van der Waals surface area contributed by atoms with Gasteiger partial charge in [0.2, 0.25) is 0 Å². The summed E-state index contributed by atoms with van der Waals surface area (Å²) in [6, 6.07) is 74.8. The molecule has 0 aliphatic carbocycles. The van der Waals surface area contributed by atoms with Gasteiger partial charge >= 0.3 is 0 Å². The summed E-state index contributed by atoms with van der Waals surface area (Å²) >= 11 is 0. The smallest absolute Gasteiger partial charge is 0.0640 e. The minimum atomic E-state index is 1.21. The van der Waals surface area contributed by atoms with E-state index >= 15 is 0 Å². The molecular formula is C58H33N3. The average molecular weight is 772 g/mol. The molecular weight excluding hydrogens is 739 g/mol. The molecule has 15 aromatic rings. The largest absolute Gasteiger partial charge is 0.308 e. The second-order valence-corrected chi connectivity index (χ2v) is 16.9. The Balaban J connectivity index is 1.17. The van der Waals surface area contributed by atoms with Gasteiger partial charge in [-0.2, -0.15) is 0 Å². The molecule has 15 rings (SSSR count). The zero-order valence-corrected chi connectivity index (χ0v) is 32.9. The zero-order valence-electron chi connectivity index (χ0n) is 32.9. The van der Waals surface area contributed by atoms with Crippen molar-refractivity contribution < 1.29 is 0 Å². The fourth-order valence-electron chi connectivity index (χ4n) is 11.3. The van der Waals surface area contributed by atoms with Crippen LogP contribution >= 0.6 is 0 Å². The molecule has 11 aromatic carbocycles. The number of rotatable bonds is 2. The van der Waals surface area contributed by atoms with Crippen LogP contribution in [0.2, 0.25) is 0 Å². The Morgan fingerprint density at radius 3 is 1.03 bits per heavy atom. The number of hydrogen-bond donors (Lipinski definition) is 0. The predicted molar refractivity (Wildman–Crippen MR) is 260 cm³/mol. The molecule has 0 bridgehead atoms. The van der Waals surface area contributed by atoms with Crippen LogP contribution in [0.25, 0.3) is 136 Å². The molecule has 280 valence electrons. The van der Waals surface area contributed by atoms with E-state index in [2.05, 4.69) is 214 Å². The van der Waals surface area contributed by atoms with Crippen molar-refractivity contribution in [1.82, 2.24) is 13.5 Å². The molecule has 4 heterocycles. The van der Waals surface area contributed by atoms with E-state index in [9.17, 15) is 0 Å². The summed E-state index contributed by atoms with van der Waals surface area (Å²) in [5.74, 6) is 0. The second-order valence-electron chi connectivity index (χ2n) is 16.9. The van der Waals surface area contributed by atoms with Gasteiger partial charge < -0.3 is 13.5 Å². The highest BCUT2D eigenvalue weighted by Gasteiger charge is 2.27. The summed E-state index contributed by atoms with van der Waals surface area (Å²) in [5, 5.41) is 20.1. The van der Waals surface area contributed by atoms with Crippen LogP contribution in [0.1, 0.15) is 0 Å². The third kappa shape index (κ3) is 3.99. The number of hydrogen-bond acceptors (Lipinski definition) is 0. The topological polar surface area (TPSA) is 14.3 Å². The molecule has 0 unspecified atom stereocenters. The van der Waals surface area contributed by atoms with Crippen molar-refractivity contribution in [1.29, 1.82) is 0 Å². The van der Waals surface area contributed by atoms with Crippen molar-refractivity contribution in [3.63, 3.8) is 0 Å². The minimum Gasteiger partial charge on any atom is -0.308 e. The molecule has 0 saturated carbocycles. The first-order chi connectivity index (χ1) is 30.3. The molecule has 61 heavy (non-hydrogen) atoms. The van der Waals surface area contributed by atoms with E-state index < -0.39 is 0 Å². The molecule has 0 aliphatic heterocycles. The van der Waals surface area contributed by atoms with Gasteiger partial charge in [0.25, 0.3) is 0 Å². The Morgan fingerprint density at radius 2 is 0.574 bits per heavy atom. The van der Waals surface area contributed by atoms with Gasteiger partial charge in [-0.25, -0.2) is 0 Å². The molecule has 3 nitrogen and oxygen atoms in total. The lowest BCUT2D eigenvalue weighted by Gasteiger charge is -2.16. The average Bonchev–Trinajstić information content (AvgIpc) is 4.03. The molecule has 0 saturated heterocycles. The lowest BCUT2D eigenvalue weighted by Crippen LogP contribution is -1.98. The van der Waals surface area contributed by atoms with Crippen LogP contribution in [0.5, 0.6) is 0 Å². The second kappa shape index (κ2) is 11.3. The van der Waals surface area contributed by atoms with Gasteiger partial charge in [0.05, 0.1) is 50.0 Å². The Bertz CT molecular complexity index is 4130. The van der Waals surface area contributed by atoms with Crippen LogP contribution in [0.15, 0.2) is 200 Å². The quantitative estimate of drug-likeness (QED) is 0.166. The van der Waals surface area contributed by atoms with Crippen molar-refractivity contribution in [2.24, 2.45) is 0 Å². The standard InChI is InChI=1S/C58H33N3/c1-3-16-36-30-50-46(28-34(36)14-1)42-22-9-11-26-48(42)59(50)57-40-20-7-5-18-38(40)32-52-54(57)44-24-13-25-45-55-53(61(52)56(44)45)33-39-19-6-8-21-41(39)58(55)60-49-27-12-10-23-43(49)47-29-35-15-2-4-17-37(35)31-51(47)60/h1-33H. The molecule has 0 spiro atoms. The number of nitrogens with zero attached hydrogens (tertiary/aromatic N) is 3.